The van der Waals surface area contributed by atoms with E-state index in [0.29, 0.717) is 10.8 Å². The molecule has 0 heterocycles. The number of thioether (sulfide) groups is 1. The summed E-state index contributed by atoms with van der Waals surface area (Å²) in [6, 6.07) is 6.84. The van der Waals surface area contributed by atoms with Crippen LogP contribution in [0.2, 0.25) is 0 Å². The van der Waals surface area contributed by atoms with Gasteiger partial charge in [0, 0.05) is 16.5 Å². The van der Waals surface area contributed by atoms with Crippen molar-refractivity contribution in [2.24, 2.45) is 0 Å². The van der Waals surface area contributed by atoms with Crippen molar-refractivity contribution in [2.45, 2.75) is 44.9 Å². The van der Waals surface area contributed by atoms with E-state index in [9.17, 15) is 0 Å². The molecule has 1 N–H and O–H groups in total. The maximum absolute atomic E-state index is 5.28. The molecule has 1 aromatic carbocycles. The predicted molar refractivity (Wildman–Crippen MR) is 94.1 cm³/mol. The number of hydrogen-bond donors (Lipinski definition) is 1. The van der Waals surface area contributed by atoms with E-state index in [-0.39, 0.29) is 0 Å². The van der Waals surface area contributed by atoms with Crippen molar-refractivity contribution < 1.29 is 4.74 Å². The zero-order chi connectivity index (χ0) is 15.2. The predicted octanol–water partition coefficient (Wildman–Crippen LogP) is 4.51. The van der Waals surface area contributed by atoms with Gasteiger partial charge in [-0.05, 0) is 46.6 Å². The van der Waals surface area contributed by atoms with Gasteiger partial charge >= 0.3 is 0 Å². The molecule has 0 bridgehead atoms. The summed E-state index contributed by atoms with van der Waals surface area (Å²) in [6.45, 7) is 9.98. The highest BCUT2D eigenvalue weighted by Crippen LogP contribution is 2.27. The third-order valence-corrected chi connectivity index (χ3v) is 4.96. The van der Waals surface area contributed by atoms with Crippen LogP contribution in [0.1, 0.15) is 33.3 Å². The van der Waals surface area contributed by atoms with Gasteiger partial charge in [-0.15, -0.1) is 0 Å². The second kappa shape index (κ2) is 8.30. The van der Waals surface area contributed by atoms with Crippen molar-refractivity contribution in [1.29, 1.82) is 0 Å². The number of likely N-dealkylation sites (N-methyl/N-ethyl adjacent to an activating group) is 1. The summed E-state index contributed by atoms with van der Waals surface area (Å²) in [5, 5.41) is 3.58. The summed E-state index contributed by atoms with van der Waals surface area (Å²) < 4.78 is 6.62. The molecule has 0 aliphatic carbocycles. The Labute approximate surface area is 136 Å². The summed E-state index contributed by atoms with van der Waals surface area (Å²) in [5.41, 5.74) is 1.33. The first-order valence-corrected chi connectivity index (χ1v) is 8.83. The summed E-state index contributed by atoms with van der Waals surface area (Å²) in [6.07, 6.45) is 1.04. The van der Waals surface area contributed by atoms with Crippen LogP contribution < -0.4 is 10.1 Å². The van der Waals surface area contributed by atoms with Gasteiger partial charge in [-0.1, -0.05) is 33.8 Å². The molecule has 114 valence electrons. The first-order valence-electron chi connectivity index (χ1n) is 7.05. The van der Waals surface area contributed by atoms with Crippen molar-refractivity contribution in [3.05, 3.63) is 28.2 Å². The number of methoxy groups -OCH3 is 1. The lowest BCUT2D eigenvalue weighted by molar-refractivity contribution is 0.412. The Hall–Kier alpha value is -0.190. The Kier molecular flexibility index (Phi) is 7.41. The second-order valence-electron chi connectivity index (χ2n) is 5.85. The molecule has 2 nitrogen and oxygen atoms in total. The van der Waals surface area contributed by atoms with Gasteiger partial charge in [0.2, 0.25) is 0 Å². The minimum Gasteiger partial charge on any atom is -0.496 e. The van der Waals surface area contributed by atoms with Gasteiger partial charge in [-0.2, -0.15) is 11.8 Å². The Bertz CT molecular complexity index is 417. The van der Waals surface area contributed by atoms with E-state index in [1.54, 1.807) is 7.11 Å². The molecule has 0 amide bonds. The highest BCUT2D eigenvalue weighted by molar-refractivity contribution is 9.10. The number of halogens is 1. The molecule has 1 aromatic rings. The molecule has 0 spiro atoms. The monoisotopic (exact) mass is 359 g/mol. The van der Waals surface area contributed by atoms with Gasteiger partial charge in [0.05, 0.1) is 11.6 Å². The highest BCUT2D eigenvalue weighted by atomic mass is 79.9. The fourth-order valence-electron chi connectivity index (χ4n) is 1.95. The molecule has 0 saturated heterocycles. The zero-order valence-corrected chi connectivity index (χ0v) is 15.5. The lowest BCUT2D eigenvalue weighted by Gasteiger charge is -2.24. The topological polar surface area (TPSA) is 21.3 Å². The Morgan fingerprint density at radius 3 is 2.55 bits per heavy atom. The van der Waals surface area contributed by atoms with E-state index in [1.807, 2.05) is 17.8 Å². The van der Waals surface area contributed by atoms with E-state index in [4.69, 9.17) is 4.74 Å². The summed E-state index contributed by atoms with van der Waals surface area (Å²) >= 11 is 5.57. The second-order valence-corrected chi connectivity index (χ2v) is 8.55. The number of benzene rings is 1. The molecule has 1 unspecified atom stereocenters. The van der Waals surface area contributed by atoms with Crippen molar-refractivity contribution in [3.63, 3.8) is 0 Å². The van der Waals surface area contributed by atoms with Crippen LogP contribution >= 0.6 is 27.7 Å². The molecule has 20 heavy (non-hydrogen) atoms. The number of hydrogen-bond acceptors (Lipinski definition) is 3. The van der Waals surface area contributed by atoms with Crippen LogP contribution in [0.4, 0.5) is 0 Å². The average molecular weight is 360 g/mol. The first-order chi connectivity index (χ1) is 9.35. The molecule has 4 heteroatoms. The van der Waals surface area contributed by atoms with Gasteiger partial charge < -0.3 is 10.1 Å². The maximum Gasteiger partial charge on any atom is 0.133 e. The van der Waals surface area contributed by atoms with E-state index in [2.05, 4.69) is 61.1 Å². The van der Waals surface area contributed by atoms with E-state index in [0.717, 1.165) is 28.9 Å². The molecular formula is C16H26BrNOS. The molecule has 1 rings (SSSR count). The third kappa shape index (κ3) is 6.51. The number of nitrogens with one attached hydrogen (secondary N) is 1. The first kappa shape index (κ1) is 17.9. The summed E-state index contributed by atoms with van der Waals surface area (Å²) in [7, 11) is 1.70. The van der Waals surface area contributed by atoms with Gasteiger partial charge in [0.1, 0.15) is 5.75 Å². The van der Waals surface area contributed by atoms with Crippen LogP contribution in [0.15, 0.2) is 22.7 Å². The Balaban J connectivity index is 2.67. The minimum absolute atomic E-state index is 0.314. The molecule has 0 aliphatic rings. The highest BCUT2D eigenvalue weighted by Gasteiger charge is 2.16. The van der Waals surface area contributed by atoms with Crippen LogP contribution in [-0.4, -0.2) is 30.2 Å². The molecule has 1 atom stereocenters. The summed E-state index contributed by atoms with van der Waals surface area (Å²) in [4.78, 5) is 0. The van der Waals surface area contributed by atoms with E-state index < -0.39 is 0 Å². The molecule has 0 radical (unpaired) electrons. The van der Waals surface area contributed by atoms with Crippen LogP contribution in [0.3, 0.4) is 0 Å². The Morgan fingerprint density at radius 1 is 1.35 bits per heavy atom. The average Bonchev–Trinajstić information content (AvgIpc) is 2.35. The molecular weight excluding hydrogens is 334 g/mol. The van der Waals surface area contributed by atoms with Gasteiger partial charge in [0.25, 0.3) is 0 Å². The third-order valence-electron chi connectivity index (χ3n) is 2.91. The van der Waals surface area contributed by atoms with E-state index >= 15 is 0 Å². The smallest absolute Gasteiger partial charge is 0.133 e. The number of ether oxygens (including phenoxy) is 1. The molecule has 0 aliphatic heterocycles. The fraction of sp³-hybridized carbons (Fsp3) is 0.625. The Morgan fingerprint density at radius 2 is 2.05 bits per heavy atom. The van der Waals surface area contributed by atoms with Crippen LogP contribution in [-0.2, 0) is 6.42 Å². The van der Waals surface area contributed by atoms with Crippen molar-refractivity contribution in [2.75, 3.05) is 19.4 Å². The van der Waals surface area contributed by atoms with Crippen molar-refractivity contribution >= 4 is 27.7 Å². The fourth-order valence-corrected chi connectivity index (χ4v) is 3.48. The molecule has 0 fully saturated rings. The summed E-state index contributed by atoms with van der Waals surface area (Å²) in [5.74, 6) is 2.01. The van der Waals surface area contributed by atoms with Gasteiger partial charge in [-0.25, -0.2) is 0 Å². The van der Waals surface area contributed by atoms with Crippen LogP contribution in [0, 0.1) is 0 Å². The maximum atomic E-state index is 5.28. The lowest BCUT2D eigenvalue weighted by Crippen LogP contribution is -2.34. The van der Waals surface area contributed by atoms with Gasteiger partial charge in [-0.3, -0.25) is 0 Å². The van der Waals surface area contributed by atoms with Crippen molar-refractivity contribution in [1.82, 2.24) is 5.32 Å². The number of rotatable bonds is 7. The van der Waals surface area contributed by atoms with Crippen molar-refractivity contribution in [3.8, 4) is 5.75 Å². The van der Waals surface area contributed by atoms with Crippen LogP contribution in [0.5, 0.6) is 5.75 Å². The van der Waals surface area contributed by atoms with Gasteiger partial charge in [0.15, 0.2) is 0 Å². The minimum atomic E-state index is 0.314. The lowest BCUT2D eigenvalue weighted by atomic mass is 10.1. The standard InChI is InChI=1S/C16H26BrNOS/c1-6-18-13(11-20-16(2,3)4)9-12-7-8-15(19-5)14(17)10-12/h7-8,10,13,18H,6,9,11H2,1-5H3. The van der Waals surface area contributed by atoms with Crippen LogP contribution in [0.25, 0.3) is 0 Å². The van der Waals surface area contributed by atoms with E-state index in [1.165, 1.54) is 5.56 Å². The SMILES string of the molecule is CCNC(CSC(C)(C)C)Cc1ccc(OC)c(Br)c1. The zero-order valence-electron chi connectivity index (χ0n) is 13.1. The molecule has 0 aromatic heterocycles. The normalized spacial score (nSPS) is 13.3. The largest absolute Gasteiger partial charge is 0.496 e. The molecule has 0 saturated carbocycles. The quantitative estimate of drug-likeness (QED) is 0.773.